The zero-order chi connectivity index (χ0) is 14.8. The molecule has 0 fully saturated rings. The Labute approximate surface area is 116 Å². The SMILES string of the molecule is CC(C)N(Cc1c(F)ccc(Br)c1F)CC(F)(F)F. The summed E-state index contributed by atoms with van der Waals surface area (Å²) in [5.41, 5.74) is -0.368. The van der Waals surface area contributed by atoms with E-state index >= 15 is 0 Å². The third-order valence-corrected chi connectivity index (χ3v) is 3.23. The fourth-order valence-corrected chi connectivity index (χ4v) is 1.94. The Kier molecular flexibility index (Phi) is 5.32. The van der Waals surface area contributed by atoms with Gasteiger partial charge in [0.15, 0.2) is 0 Å². The number of nitrogens with zero attached hydrogens (tertiary/aromatic N) is 1. The highest BCUT2D eigenvalue weighted by molar-refractivity contribution is 9.10. The summed E-state index contributed by atoms with van der Waals surface area (Å²) in [5.74, 6) is -1.72. The number of rotatable bonds is 4. The van der Waals surface area contributed by atoms with Gasteiger partial charge in [-0.3, -0.25) is 4.90 Å². The lowest BCUT2D eigenvalue weighted by atomic mass is 10.1. The van der Waals surface area contributed by atoms with E-state index in [-0.39, 0.29) is 10.0 Å². The zero-order valence-electron chi connectivity index (χ0n) is 10.4. The maximum atomic E-state index is 13.7. The van der Waals surface area contributed by atoms with E-state index in [1.54, 1.807) is 13.8 Å². The van der Waals surface area contributed by atoms with E-state index in [0.29, 0.717) is 0 Å². The Morgan fingerprint density at radius 1 is 1.21 bits per heavy atom. The predicted molar refractivity (Wildman–Crippen MR) is 65.7 cm³/mol. The van der Waals surface area contributed by atoms with Crippen LogP contribution >= 0.6 is 15.9 Å². The third kappa shape index (κ3) is 4.72. The largest absolute Gasteiger partial charge is 0.401 e. The van der Waals surface area contributed by atoms with Crippen molar-refractivity contribution in [1.82, 2.24) is 4.90 Å². The van der Waals surface area contributed by atoms with Gasteiger partial charge in [-0.05, 0) is 41.9 Å². The molecule has 1 rings (SSSR count). The monoisotopic (exact) mass is 345 g/mol. The van der Waals surface area contributed by atoms with Crippen LogP contribution in [0.15, 0.2) is 16.6 Å². The summed E-state index contributed by atoms with van der Waals surface area (Å²) in [4.78, 5) is 0.966. The molecule has 0 saturated carbocycles. The van der Waals surface area contributed by atoms with Crippen LogP contribution in [0, 0.1) is 11.6 Å². The standard InChI is InChI=1S/C12H13BrF5N/c1-7(2)19(6-12(16,17)18)5-8-10(14)4-3-9(13)11(8)15/h3-4,7H,5-6H2,1-2H3. The first-order valence-corrected chi connectivity index (χ1v) is 6.34. The van der Waals surface area contributed by atoms with Crippen molar-refractivity contribution in [3.63, 3.8) is 0 Å². The van der Waals surface area contributed by atoms with Gasteiger partial charge in [0.05, 0.1) is 11.0 Å². The van der Waals surface area contributed by atoms with Gasteiger partial charge in [-0.1, -0.05) is 0 Å². The smallest absolute Gasteiger partial charge is 0.288 e. The first-order chi connectivity index (χ1) is 8.61. The molecule has 0 radical (unpaired) electrons. The van der Waals surface area contributed by atoms with E-state index in [4.69, 9.17) is 0 Å². The first kappa shape index (κ1) is 16.4. The molecule has 0 spiro atoms. The molecule has 0 bridgehead atoms. The minimum atomic E-state index is -4.41. The van der Waals surface area contributed by atoms with Crippen LogP contribution in [-0.2, 0) is 6.54 Å². The first-order valence-electron chi connectivity index (χ1n) is 5.55. The van der Waals surface area contributed by atoms with Gasteiger partial charge in [0.2, 0.25) is 0 Å². The van der Waals surface area contributed by atoms with Gasteiger partial charge in [0.25, 0.3) is 0 Å². The normalized spacial score (nSPS) is 12.5. The van der Waals surface area contributed by atoms with Gasteiger partial charge < -0.3 is 0 Å². The molecule has 0 N–H and O–H groups in total. The summed E-state index contributed by atoms with van der Waals surface area (Å²) >= 11 is 2.89. The van der Waals surface area contributed by atoms with Gasteiger partial charge in [-0.15, -0.1) is 0 Å². The summed E-state index contributed by atoms with van der Waals surface area (Å²) in [6.07, 6.45) is -4.41. The fraction of sp³-hybridized carbons (Fsp3) is 0.500. The quantitative estimate of drug-likeness (QED) is 0.573. The summed E-state index contributed by atoms with van der Waals surface area (Å²) < 4.78 is 64.5. The van der Waals surface area contributed by atoms with Crippen LogP contribution in [0.4, 0.5) is 22.0 Å². The Hall–Kier alpha value is -0.690. The van der Waals surface area contributed by atoms with E-state index in [1.165, 1.54) is 6.07 Å². The molecule has 0 aliphatic heterocycles. The molecule has 0 saturated heterocycles. The zero-order valence-corrected chi connectivity index (χ0v) is 11.9. The summed E-state index contributed by atoms with van der Waals surface area (Å²) in [6.45, 7) is 1.43. The molecule has 1 aromatic rings. The van der Waals surface area contributed by atoms with Gasteiger partial charge in [-0.2, -0.15) is 13.2 Å². The second-order valence-electron chi connectivity index (χ2n) is 4.44. The van der Waals surface area contributed by atoms with Gasteiger partial charge in [0, 0.05) is 18.2 Å². The molecule has 1 aromatic carbocycles. The number of hydrogen-bond acceptors (Lipinski definition) is 1. The summed E-state index contributed by atoms with van der Waals surface area (Å²) in [6, 6.07) is 1.71. The molecule has 0 atom stereocenters. The maximum Gasteiger partial charge on any atom is 0.401 e. The van der Waals surface area contributed by atoms with Gasteiger partial charge in [0.1, 0.15) is 11.6 Å². The Bertz CT molecular complexity index is 444. The van der Waals surface area contributed by atoms with Gasteiger partial charge in [-0.25, -0.2) is 8.78 Å². The third-order valence-electron chi connectivity index (χ3n) is 2.61. The number of hydrogen-bond donors (Lipinski definition) is 0. The molecular formula is C12H13BrF5N. The van der Waals surface area contributed by atoms with Crippen molar-refractivity contribution in [1.29, 1.82) is 0 Å². The average molecular weight is 346 g/mol. The molecule has 0 aliphatic carbocycles. The topological polar surface area (TPSA) is 3.24 Å². The van der Waals surface area contributed by atoms with Crippen LogP contribution in [-0.4, -0.2) is 23.7 Å². The van der Waals surface area contributed by atoms with Crippen molar-refractivity contribution in [3.8, 4) is 0 Å². The van der Waals surface area contributed by atoms with E-state index in [9.17, 15) is 22.0 Å². The molecule has 1 nitrogen and oxygen atoms in total. The van der Waals surface area contributed by atoms with Crippen LogP contribution in [0.1, 0.15) is 19.4 Å². The molecule has 7 heteroatoms. The number of benzene rings is 1. The van der Waals surface area contributed by atoms with Crippen molar-refractivity contribution >= 4 is 15.9 Å². The molecule has 0 heterocycles. The van der Waals surface area contributed by atoms with Crippen molar-refractivity contribution in [2.75, 3.05) is 6.54 Å². The van der Waals surface area contributed by atoms with E-state index < -0.39 is 36.9 Å². The van der Waals surface area contributed by atoms with Crippen molar-refractivity contribution in [2.24, 2.45) is 0 Å². The summed E-state index contributed by atoms with van der Waals surface area (Å²) in [5, 5.41) is 0. The minimum Gasteiger partial charge on any atom is -0.288 e. The van der Waals surface area contributed by atoms with Crippen molar-refractivity contribution in [3.05, 3.63) is 33.8 Å². The van der Waals surface area contributed by atoms with Crippen LogP contribution in [0.5, 0.6) is 0 Å². The van der Waals surface area contributed by atoms with E-state index in [0.717, 1.165) is 11.0 Å². The maximum absolute atomic E-state index is 13.7. The second kappa shape index (κ2) is 6.17. The highest BCUT2D eigenvalue weighted by atomic mass is 79.9. The molecule has 0 aromatic heterocycles. The lowest BCUT2D eigenvalue weighted by Crippen LogP contribution is -2.39. The molecule has 19 heavy (non-hydrogen) atoms. The minimum absolute atomic E-state index is 0.0274. The van der Waals surface area contributed by atoms with E-state index in [1.807, 2.05) is 0 Å². The summed E-state index contributed by atoms with van der Waals surface area (Å²) in [7, 11) is 0. The van der Waals surface area contributed by atoms with Crippen LogP contribution in [0.25, 0.3) is 0 Å². The van der Waals surface area contributed by atoms with E-state index in [2.05, 4.69) is 15.9 Å². The van der Waals surface area contributed by atoms with Crippen LogP contribution in [0.2, 0.25) is 0 Å². The Morgan fingerprint density at radius 2 is 1.79 bits per heavy atom. The number of alkyl halides is 3. The molecule has 108 valence electrons. The van der Waals surface area contributed by atoms with Gasteiger partial charge >= 0.3 is 6.18 Å². The predicted octanol–water partition coefficient (Wildman–Crippen LogP) is 4.50. The van der Waals surface area contributed by atoms with Crippen LogP contribution < -0.4 is 0 Å². The Balaban J connectivity index is 3.01. The van der Waals surface area contributed by atoms with Crippen molar-refractivity contribution in [2.45, 2.75) is 32.6 Å². The molecular weight excluding hydrogens is 333 g/mol. The Morgan fingerprint density at radius 3 is 2.26 bits per heavy atom. The van der Waals surface area contributed by atoms with Crippen molar-refractivity contribution < 1.29 is 22.0 Å². The highest BCUT2D eigenvalue weighted by Crippen LogP contribution is 2.25. The molecule has 0 aliphatic rings. The number of halogens is 6. The average Bonchev–Trinajstić information content (AvgIpc) is 2.26. The lowest BCUT2D eigenvalue weighted by Gasteiger charge is -2.27. The molecule has 0 unspecified atom stereocenters. The lowest BCUT2D eigenvalue weighted by molar-refractivity contribution is -0.151. The fourth-order valence-electron chi connectivity index (χ4n) is 1.57. The highest BCUT2D eigenvalue weighted by Gasteiger charge is 2.32. The second-order valence-corrected chi connectivity index (χ2v) is 5.29. The van der Waals surface area contributed by atoms with Crippen LogP contribution in [0.3, 0.4) is 0 Å². The molecule has 0 amide bonds.